The summed E-state index contributed by atoms with van der Waals surface area (Å²) in [5, 5.41) is 9.42. The molecule has 0 radical (unpaired) electrons. The number of para-hydroxylation sites is 2. The molecule has 4 heterocycles. The second-order valence-electron chi connectivity index (χ2n) is 24.8. The molecular formula is C88H53N7. The first kappa shape index (κ1) is 52.9. The number of benzene rings is 13. The number of fused-ring (bicyclic) bond motifs is 11. The van der Waals surface area contributed by atoms with Gasteiger partial charge in [0.15, 0.2) is 0 Å². The molecule has 7 heteroatoms. The average Bonchev–Trinajstić information content (AvgIpc) is 1.57. The summed E-state index contributed by atoms with van der Waals surface area (Å²) in [6, 6.07) is 106. The molecule has 0 fully saturated rings. The fourth-order valence-corrected chi connectivity index (χ4v) is 15.8. The summed E-state index contributed by atoms with van der Waals surface area (Å²) in [4.78, 5) is 26.6. The Hall–Kier alpha value is -12.8. The van der Waals surface area contributed by atoms with E-state index < -0.39 is 0 Å². The molecule has 0 amide bonds. The highest BCUT2D eigenvalue weighted by atomic mass is 15.2. The number of hydrogen-bond acceptors (Lipinski definition) is 7. The van der Waals surface area contributed by atoms with Gasteiger partial charge in [0.1, 0.15) is 5.82 Å². The fraction of sp³-hybridized carbons (Fsp3) is 0. The van der Waals surface area contributed by atoms with Gasteiger partial charge in [-0.2, -0.15) is 0 Å². The summed E-state index contributed by atoms with van der Waals surface area (Å²) >= 11 is 0. The Morgan fingerprint density at radius 1 is 0.211 bits per heavy atom. The lowest BCUT2D eigenvalue weighted by Gasteiger charge is -2.27. The molecule has 3 aliphatic rings. The lowest BCUT2D eigenvalue weighted by Crippen LogP contribution is -2.12. The standard InChI is InChI=1S/C88H53N7/c1-2-16-58(17-3-1)93(80-40-37-68-62-21-5-4-20-61(62)65-23-11-26-73(80)86(65)68)59-18-10-15-54(49-59)55-31-35-64-69-38-42-82(75-28-13-25-67(88(69)75)76(64)50-55)95(85-30-8-9-46-92-85)84-44-48-91-79-52-57(33-36-72(79)84)56-32-34-63-66-24-12-27-74-81(41-39-70(87(66)74)77(63)51-56)94(60-19-14-45-89-53-60)83-43-47-90-78-29-7-6-22-71(78)83/h1-53H. The van der Waals surface area contributed by atoms with Gasteiger partial charge < -0.3 is 9.80 Å². The van der Waals surface area contributed by atoms with Crippen LogP contribution in [-0.2, 0) is 0 Å². The second kappa shape index (κ2) is 20.8. The average molecular weight is 1210 g/mol. The van der Waals surface area contributed by atoms with E-state index in [1.807, 2.05) is 49.2 Å². The highest BCUT2D eigenvalue weighted by Gasteiger charge is 2.31. The molecule has 0 atom stereocenters. The Morgan fingerprint density at radius 2 is 0.663 bits per heavy atom. The van der Waals surface area contributed by atoms with Crippen LogP contribution in [0.5, 0.6) is 0 Å². The van der Waals surface area contributed by atoms with Crippen LogP contribution in [0.15, 0.2) is 322 Å². The maximum atomic E-state index is 5.10. The molecular weight excluding hydrogens is 1160 g/mol. The minimum atomic E-state index is 0.822. The molecule has 20 rings (SSSR count). The van der Waals surface area contributed by atoms with Crippen molar-refractivity contribution >= 4 is 105 Å². The smallest absolute Gasteiger partial charge is 0.137 e. The molecule has 440 valence electrons. The van der Waals surface area contributed by atoms with Crippen LogP contribution in [0, 0.1) is 0 Å². The Kier molecular flexibility index (Phi) is 11.6. The van der Waals surface area contributed by atoms with Gasteiger partial charge in [0.2, 0.25) is 0 Å². The van der Waals surface area contributed by atoms with Crippen molar-refractivity contribution in [1.82, 2.24) is 19.9 Å². The highest BCUT2D eigenvalue weighted by molar-refractivity contribution is 6.23. The number of nitrogens with zero attached hydrogens (tertiary/aromatic N) is 7. The van der Waals surface area contributed by atoms with Gasteiger partial charge in [0.25, 0.3) is 0 Å². The van der Waals surface area contributed by atoms with E-state index in [-0.39, 0.29) is 0 Å². The summed E-state index contributed by atoms with van der Waals surface area (Å²) < 4.78 is 0. The van der Waals surface area contributed by atoms with Gasteiger partial charge in [-0.1, -0.05) is 188 Å². The number of pyridine rings is 4. The molecule has 0 aliphatic heterocycles. The molecule has 0 bridgehead atoms. The van der Waals surface area contributed by atoms with Crippen molar-refractivity contribution in [2.24, 2.45) is 0 Å². The van der Waals surface area contributed by atoms with E-state index in [1.165, 1.54) is 93.7 Å². The van der Waals surface area contributed by atoms with E-state index in [2.05, 4.69) is 293 Å². The number of aromatic nitrogens is 4. The third kappa shape index (κ3) is 8.06. The van der Waals surface area contributed by atoms with Crippen LogP contribution < -0.4 is 14.7 Å². The normalized spacial score (nSPS) is 12.0. The van der Waals surface area contributed by atoms with Crippen molar-refractivity contribution in [3.05, 3.63) is 322 Å². The highest BCUT2D eigenvalue weighted by Crippen LogP contribution is 2.56. The van der Waals surface area contributed by atoms with Gasteiger partial charge in [-0.05, 0) is 208 Å². The van der Waals surface area contributed by atoms with Crippen molar-refractivity contribution in [3.8, 4) is 89.0 Å². The largest absolute Gasteiger partial charge is 0.310 e. The zero-order chi connectivity index (χ0) is 62.2. The minimum absolute atomic E-state index is 0.822. The molecule has 0 saturated carbocycles. The maximum absolute atomic E-state index is 5.10. The molecule has 0 N–H and O–H groups in total. The molecule has 7 nitrogen and oxygen atoms in total. The maximum Gasteiger partial charge on any atom is 0.137 e. The van der Waals surface area contributed by atoms with Gasteiger partial charge in [-0.3, -0.25) is 19.9 Å². The Balaban J connectivity index is 0.653. The summed E-state index contributed by atoms with van der Waals surface area (Å²) in [5.41, 5.74) is 29.8. The number of rotatable bonds is 11. The monoisotopic (exact) mass is 1210 g/mol. The number of hydrogen-bond donors (Lipinski definition) is 0. The van der Waals surface area contributed by atoms with Crippen LogP contribution in [0.25, 0.3) is 143 Å². The molecule has 17 aromatic rings. The Bertz CT molecular complexity index is 6030. The Labute approximate surface area is 548 Å². The van der Waals surface area contributed by atoms with Crippen LogP contribution in [-0.4, -0.2) is 19.9 Å². The SMILES string of the molecule is c1ccc(N(c2cccc(-c3ccc4c(c3)-c3cccc5c(N(c6ccccn6)c6ccnc7cc(-c8ccc9c(c8)-c8ccc(N(c%10cccnc%10)c%10ccnc%11ccccc%10%11)c%10cccc-9c8%10)ccc67)ccc-4c35)c2)c2ccc3c4c(cccc24)-c2ccccc2-3)cc1. The molecule has 3 aliphatic carbocycles. The first-order valence-corrected chi connectivity index (χ1v) is 32.3. The minimum Gasteiger partial charge on any atom is -0.310 e. The lowest BCUT2D eigenvalue weighted by molar-refractivity contribution is 1.19. The first-order chi connectivity index (χ1) is 47.1. The molecule has 0 spiro atoms. The molecule has 4 aromatic heterocycles. The zero-order valence-corrected chi connectivity index (χ0v) is 51.2. The van der Waals surface area contributed by atoms with Crippen molar-refractivity contribution in [1.29, 1.82) is 0 Å². The second-order valence-corrected chi connectivity index (χ2v) is 24.8. The van der Waals surface area contributed by atoms with Gasteiger partial charge in [0.05, 0.1) is 51.4 Å². The predicted molar refractivity (Wildman–Crippen MR) is 393 cm³/mol. The summed E-state index contributed by atoms with van der Waals surface area (Å²) in [6.45, 7) is 0. The Morgan fingerprint density at radius 3 is 1.32 bits per heavy atom. The van der Waals surface area contributed by atoms with Crippen LogP contribution in [0.1, 0.15) is 0 Å². The van der Waals surface area contributed by atoms with E-state index in [0.717, 1.165) is 101 Å². The zero-order valence-electron chi connectivity index (χ0n) is 51.2. The van der Waals surface area contributed by atoms with Crippen LogP contribution in [0.4, 0.5) is 51.3 Å². The molecule has 0 saturated heterocycles. The van der Waals surface area contributed by atoms with E-state index in [1.54, 1.807) is 0 Å². The third-order valence-electron chi connectivity index (χ3n) is 19.9. The van der Waals surface area contributed by atoms with Crippen LogP contribution in [0.2, 0.25) is 0 Å². The quantitative estimate of drug-likeness (QED) is 0.128. The topological polar surface area (TPSA) is 61.3 Å². The summed E-state index contributed by atoms with van der Waals surface area (Å²) in [6.07, 6.45) is 9.49. The third-order valence-corrected chi connectivity index (χ3v) is 19.9. The molecule has 13 aromatic carbocycles. The van der Waals surface area contributed by atoms with Crippen molar-refractivity contribution in [2.75, 3.05) is 14.7 Å². The summed E-state index contributed by atoms with van der Waals surface area (Å²) in [5.74, 6) is 0.822. The van der Waals surface area contributed by atoms with Gasteiger partial charge in [0, 0.05) is 63.1 Å². The van der Waals surface area contributed by atoms with E-state index in [0.29, 0.717) is 0 Å². The first-order valence-electron chi connectivity index (χ1n) is 32.3. The van der Waals surface area contributed by atoms with E-state index in [9.17, 15) is 0 Å². The summed E-state index contributed by atoms with van der Waals surface area (Å²) in [7, 11) is 0. The van der Waals surface area contributed by atoms with Crippen molar-refractivity contribution < 1.29 is 0 Å². The predicted octanol–water partition coefficient (Wildman–Crippen LogP) is 23.7. The van der Waals surface area contributed by atoms with Gasteiger partial charge in [-0.15, -0.1) is 0 Å². The van der Waals surface area contributed by atoms with E-state index in [4.69, 9.17) is 15.0 Å². The van der Waals surface area contributed by atoms with Gasteiger partial charge >= 0.3 is 0 Å². The van der Waals surface area contributed by atoms with Gasteiger partial charge in [-0.25, -0.2) is 4.98 Å². The lowest BCUT2D eigenvalue weighted by atomic mass is 9.96. The van der Waals surface area contributed by atoms with Crippen molar-refractivity contribution in [3.63, 3.8) is 0 Å². The van der Waals surface area contributed by atoms with Crippen molar-refractivity contribution in [2.45, 2.75) is 0 Å². The van der Waals surface area contributed by atoms with Crippen LogP contribution in [0.3, 0.4) is 0 Å². The fourth-order valence-electron chi connectivity index (χ4n) is 15.8. The molecule has 0 unspecified atom stereocenters. The molecule has 95 heavy (non-hydrogen) atoms. The number of anilines is 9. The van der Waals surface area contributed by atoms with E-state index >= 15 is 0 Å². The van der Waals surface area contributed by atoms with Crippen LogP contribution >= 0.6 is 0 Å².